The number of benzene rings is 1. The maximum absolute atomic E-state index is 13.6. The Hall–Kier alpha value is -1.17. The van der Waals surface area contributed by atoms with E-state index in [1.165, 1.54) is 6.07 Å². The minimum absolute atomic E-state index is 0.0550. The Morgan fingerprint density at radius 1 is 1.45 bits per heavy atom. The van der Waals surface area contributed by atoms with Gasteiger partial charge in [-0.25, -0.2) is 4.39 Å². The summed E-state index contributed by atoms with van der Waals surface area (Å²) in [6, 6.07) is 5.00. The number of aliphatic hydroxyl groups excluding tert-OH is 1. The predicted molar refractivity (Wildman–Crippen MR) is 74.9 cm³/mol. The van der Waals surface area contributed by atoms with Crippen molar-refractivity contribution in [3.05, 3.63) is 34.6 Å². The molecule has 0 aromatic heterocycles. The van der Waals surface area contributed by atoms with Crippen molar-refractivity contribution in [2.45, 2.75) is 25.4 Å². The van der Waals surface area contributed by atoms with Gasteiger partial charge in [-0.2, -0.15) is 0 Å². The first kappa shape index (κ1) is 15.2. The third kappa shape index (κ3) is 3.91. The molecule has 1 amide bonds. The van der Waals surface area contributed by atoms with Crippen molar-refractivity contribution in [1.29, 1.82) is 0 Å². The maximum Gasteiger partial charge on any atom is 0.234 e. The molecule has 3 N–H and O–H groups in total. The summed E-state index contributed by atoms with van der Waals surface area (Å²) in [5, 5.41) is 14.7. The Bertz CT molecular complexity index is 478. The topological polar surface area (TPSA) is 61.4 Å². The average molecular weight is 301 g/mol. The summed E-state index contributed by atoms with van der Waals surface area (Å²) >= 11 is 5.67. The van der Waals surface area contributed by atoms with E-state index >= 15 is 0 Å². The maximum atomic E-state index is 13.6. The standard InChI is InChI=1S/C14H18ClFN2O2/c15-12-3-1-2-10(14(12)16)6-18-13(20)7-17-11-4-9(5-11)8-19/h1-3,9,11,17,19H,4-8H2,(H,18,20)/t9-,11+. The van der Waals surface area contributed by atoms with Gasteiger partial charge < -0.3 is 15.7 Å². The van der Waals surface area contributed by atoms with Gasteiger partial charge in [0.05, 0.1) is 11.6 Å². The zero-order chi connectivity index (χ0) is 14.5. The van der Waals surface area contributed by atoms with Crippen LogP contribution in [-0.2, 0) is 11.3 Å². The number of amides is 1. The molecule has 0 aliphatic heterocycles. The molecule has 0 bridgehead atoms. The summed E-state index contributed by atoms with van der Waals surface area (Å²) in [5.74, 6) is -0.319. The van der Waals surface area contributed by atoms with Crippen LogP contribution in [0.5, 0.6) is 0 Å². The van der Waals surface area contributed by atoms with Crippen molar-refractivity contribution in [1.82, 2.24) is 10.6 Å². The van der Waals surface area contributed by atoms with E-state index in [0.29, 0.717) is 17.5 Å². The van der Waals surface area contributed by atoms with Crippen LogP contribution in [0.2, 0.25) is 5.02 Å². The van der Waals surface area contributed by atoms with Gasteiger partial charge in [0.25, 0.3) is 0 Å². The molecule has 2 rings (SSSR count). The first-order valence-electron chi connectivity index (χ1n) is 6.64. The predicted octanol–water partition coefficient (Wildman–Crippen LogP) is 1.46. The van der Waals surface area contributed by atoms with E-state index in [4.69, 9.17) is 16.7 Å². The Balaban J connectivity index is 1.69. The van der Waals surface area contributed by atoms with Crippen LogP contribution in [0.4, 0.5) is 4.39 Å². The number of carbonyl (C=O) groups excluding carboxylic acids is 1. The molecule has 0 spiro atoms. The quantitative estimate of drug-likeness (QED) is 0.745. The number of hydrogen-bond acceptors (Lipinski definition) is 3. The summed E-state index contributed by atoms with van der Waals surface area (Å²) in [6.07, 6.45) is 1.79. The molecule has 1 aliphatic carbocycles. The van der Waals surface area contributed by atoms with E-state index in [2.05, 4.69) is 10.6 Å². The molecule has 4 nitrogen and oxygen atoms in total. The van der Waals surface area contributed by atoms with Gasteiger partial charge in [0.2, 0.25) is 5.91 Å². The van der Waals surface area contributed by atoms with Gasteiger partial charge in [0, 0.05) is 24.8 Å². The van der Waals surface area contributed by atoms with Gasteiger partial charge in [-0.3, -0.25) is 4.79 Å². The fraction of sp³-hybridized carbons (Fsp3) is 0.500. The van der Waals surface area contributed by atoms with E-state index < -0.39 is 5.82 Å². The van der Waals surface area contributed by atoms with Crippen molar-refractivity contribution in [3.8, 4) is 0 Å². The van der Waals surface area contributed by atoms with E-state index in [0.717, 1.165) is 12.8 Å². The molecule has 1 aromatic rings. The summed E-state index contributed by atoms with van der Waals surface area (Å²) in [6.45, 7) is 0.528. The van der Waals surface area contributed by atoms with Gasteiger partial charge in [0.15, 0.2) is 0 Å². The van der Waals surface area contributed by atoms with Crippen molar-refractivity contribution < 1.29 is 14.3 Å². The van der Waals surface area contributed by atoms with Crippen LogP contribution in [0.15, 0.2) is 18.2 Å². The monoisotopic (exact) mass is 300 g/mol. The highest BCUT2D eigenvalue weighted by atomic mass is 35.5. The molecule has 0 unspecified atom stereocenters. The van der Waals surface area contributed by atoms with Crippen LogP contribution in [-0.4, -0.2) is 30.2 Å². The number of rotatable bonds is 6. The van der Waals surface area contributed by atoms with E-state index in [9.17, 15) is 9.18 Å². The van der Waals surface area contributed by atoms with Gasteiger partial charge in [-0.1, -0.05) is 23.7 Å². The van der Waals surface area contributed by atoms with Crippen LogP contribution in [0.25, 0.3) is 0 Å². The number of halogens is 2. The van der Waals surface area contributed by atoms with Crippen molar-refractivity contribution >= 4 is 17.5 Å². The largest absolute Gasteiger partial charge is 0.396 e. The van der Waals surface area contributed by atoms with Gasteiger partial charge in [-0.15, -0.1) is 0 Å². The zero-order valence-electron chi connectivity index (χ0n) is 11.0. The minimum atomic E-state index is -0.493. The lowest BCUT2D eigenvalue weighted by molar-refractivity contribution is -0.120. The zero-order valence-corrected chi connectivity index (χ0v) is 11.8. The molecule has 1 aromatic carbocycles. The van der Waals surface area contributed by atoms with Gasteiger partial charge >= 0.3 is 0 Å². The second-order valence-corrected chi connectivity index (χ2v) is 5.49. The number of aliphatic hydroxyl groups is 1. The number of nitrogens with one attached hydrogen (secondary N) is 2. The molecule has 6 heteroatoms. The van der Waals surface area contributed by atoms with Crippen LogP contribution in [0.1, 0.15) is 18.4 Å². The molecular formula is C14H18ClFN2O2. The highest BCUT2D eigenvalue weighted by Gasteiger charge is 2.28. The lowest BCUT2D eigenvalue weighted by Crippen LogP contribution is -2.46. The lowest BCUT2D eigenvalue weighted by atomic mass is 9.81. The highest BCUT2D eigenvalue weighted by molar-refractivity contribution is 6.30. The third-order valence-corrected chi connectivity index (χ3v) is 3.84. The number of carbonyl (C=O) groups is 1. The van der Waals surface area contributed by atoms with Crippen LogP contribution in [0, 0.1) is 11.7 Å². The van der Waals surface area contributed by atoms with Gasteiger partial charge in [0.1, 0.15) is 5.82 Å². The fourth-order valence-corrected chi connectivity index (χ4v) is 2.42. The third-order valence-electron chi connectivity index (χ3n) is 3.55. The smallest absolute Gasteiger partial charge is 0.234 e. The minimum Gasteiger partial charge on any atom is -0.396 e. The van der Waals surface area contributed by atoms with E-state index in [-0.39, 0.29) is 30.6 Å². The van der Waals surface area contributed by atoms with Crippen molar-refractivity contribution in [2.24, 2.45) is 5.92 Å². The molecule has 1 saturated carbocycles. The summed E-state index contributed by atoms with van der Waals surface area (Å²) < 4.78 is 13.6. The molecule has 20 heavy (non-hydrogen) atoms. The van der Waals surface area contributed by atoms with E-state index in [1.54, 1.807) is 12.1 Å². The fourth-order valence-electron chi connectivity index (χ4n) is 2.23. The first-order valence-corrected chi connectivity index (χ1v) is 7.01. The summed E-state index contributed by atoms with van der Waals surface area (Å²) in [4.78, 5) is 11.6. The highest BCUT2D eigenvalue weighted by Crippen LogP contribution is 2.26. The van der Waals surface area contributed by atoms with Crippen molar-refractivity contribution in [3.63, 3.8) is 0 Å². The molecular weight excluding hydrogens is 283 g/mol. The Kier molecular flexibility index (Phi) is 5.34. The summed E-state index contributed by atoms with van der Waals surface area (Å²) in [7, 11) is 0. The SMILES string of the molecule is O=C(CN[C@H]1C[C@@H](CO)C1)NCc1cccc(Cl)c1F. The van der Waals surface area contributed by atoms with E-state index in [1.807, 2.05) is 0 Å². The first-order chi connectivity index (χ1) is 9.60. The van der Waals surface area contributed by atoms with Crippen LogP contribution in [0.3, 0.4) is 0 Å². The Morgan fingerprint density at radius 2 is 2.20 bits per heavy atom. The van der Waals surface area contributed by atoms with Gasteiger partial charge in [-0.05, 0) is 24.8 Å². The molecule has 110 valence electrons. The molecule has 0 saturated heterocycles. The van der Waals surface area contributed by atoms with Crippen LogP contribution < -0.4 is 10.6 Å². The normalized spacial score (nSPS) is 21.4. The molecule has 0 heterocycles. The number of hydrogen-bond donors (Lipinski definition) is 3. The Labute approximate surface area is 122 Å². The second kappa shape index (κ2) is 7.02. The lowest BCUT2D eigenvalue weighted by Gasteiger charge is -2.34. The average Bonchev–Trinajstić information content (AvgIpc) is 2.39. The molecule has 1 fully saturated rings. The molecule has 0 atom stereocenters. The van der Waals surface area contributed by atoms with Crippen LogP contribution >= 0.6 is 11.6 Å². The Morgan fingerprint density at radius 3 is 2.90 bits per heavy atom. The summed E-state index contributed by atoms with van der Waals surface area (Å²) in [5.41, 5.74) is 0.370. The second-order valence-electron chi connectivity index (χ2n) is 5.09. The molecule has 1 aliphatic rings. The molecule has 0 radical (unpaired) electrons. The van der Waals surface area contributed by atoms with Crippen molar-refractivity contribution in [2.75, 3.05) is 13.2 Å².